The van der Waals surface area contributed by atoms with Gasteiger partial charge in [-0.25, -0.2) is 8.42 Å². The number of benzene rings is 1. The summed E-state index contributed by atoms with van der Waals surface area (Å²) in [6, 6.07) is 4.73. The van der Waals surface area contributed by atoms with Crippen molar-refractivity contribution in [2.75, 3.05) is 37.8 Å². The molecule has 0 fully saturated rings. The molecule has 0 saturated heterocycles. The highest BCUT2D eigenvalue weighted by atomic mass is 35.5. The van der Waals surface area contributed by atoms with Crippen LogP contribution < -0.4 is 9.04 Å². The average molecular weight is 377 g/mol. The fourth-order valence-corrected chi connectivity index (χ4v) is 3.38. The number of rotatable bonds is 9. The zero-order valence-corrected chi connectivity index (χ0v) is 16.2. The number of methoxy groups -OCH3 is 1. The number of hydrogen-bond acceptors (Lipinski definition) is 4. The molecular weight excluding hydrogens is 352 g/mol. The van der Waals surface area contributed by atoms with Gasteiger partial charge in [-0.15, -0.1) is 0 Å². The summed E-state index contributed by atoms with van der Waals surface area (Å²) in [4.78, 5) is 13.8. The van der Waals surface area contributed by atoms with Gasteiger partial charge in [0.25, 0.3) is 0 Å². The minimum Gasteiger partial charge on any atom is -0.495 e. The van der Waals surface area contributed by atoms with Crippen molar-refractivity contribution in [2.24, 2.45) is 0 Å². The van der Waals surface area contributed by atoms with Gasteiger partial charge in [0.15, 0.2) is 0 Å². The minimum absolute atomic E-state index is 0.0663. The van der Waals surface area contributed by atoms with E-state index in [9.17, 15) is 13.2 Å². The topological polar surface area (TPSA) is 66.9 Å². The van der Waals surface area contributed by atoms with Crippen LogP contribution in [0.1, 0.15) is 26.2 Å². The number of amides is 1. The van der Waals surface area contributed by atoms with Crippen molar-refractivity contribution in [2.45, 2.75) is 26.2 Å². The number of anilines is 1. The second kappa shape index (κ2) is 9.13. The van der Waals surface area contributed by atoms with E-state index < -0.39 is 10.0 Å². The van der Waals surface area contributed by atoms with E-state index in [-0.39, 0.29) is 18.9 Å². The fourth-order valence-electron chi connectivity index (χ4n) is 2.20. The van der Waals surface area contributed by atoms with Crippen molar-refractivity contribution in [3.63, 3.8) is 0 Å². The third-order valence-corrected chi connectivity index (χ3v) is 5.11. The van der Waals surface area contributed by atoms with Gasteiger partial charge in [0.1, 0.15) is 5.75 Å². The van der Waals surface area contributed by atoms with E-state index in [1.165, 1.54) is 17.5 Å². The Morgan fingerprint density at radius 3 is 2.46 bits per heavy atom. The van der Waals surface area contributed by atoms with Gasteiger partial charge in [0, 0.05) is 26.6 Å². The zero-order valence-electron chi connectivity index (χ0n) is 14.6. The second-order valence-electron chi connectivity index (χ2n) is 5.57. The Balaban J connectivity index is 2.88. The molecule has 136 valence electrons. The molecule has 0 unspecified atom stereocenters. The number of unbranched alkanes of at least 4 members (excludes halogenated alkanes) is 1. The number of ether oxygens (including phenoxy) is 1. The van der Waals surface area contributed by atoms with E-state index in [0.717, 1.165) is 19.1 Å². The smallest absolute Gasteiger partial charge is 0.232 e. The van der Waals surface area contributed by atoms with Crippen LogP contribution in [0.3, 0.4) is 0 Å². The molecule has 0 bridgehead atoms. The van der Waals surface area contributed by atoms with Crippen LogP contribution in [-0.2, 0) is 14.8 Å². The van der Waals surface area contributed by atoms with Gasteiger partial charge in [-0.1, -0.05) is 24.9 Å². The summed E-state index contributed by atoms with van der Waals surface area (Å²) in [7, 11) is -0.314. The summed E-state index contributed by atoms with van der Waals surface area (Å²) in [6.07, 6.45) is 3.14. The molecular formula is C16H25ClN2O4S. The minimum atomic E-state index is -3.53. The molecule has 0 atom stereocenters. The van der Waals surface area contributed by atoms with Crippen molar-refractivity contribution in [1.82, 2.24) is 4.90 Å². The Labute approximate surface area is 149 Å². The molecule has 1 amide bonds. The predicted molar refractivity (Wildman–Crippen MR) is 97.4 cm³/mol. The Morgan fingerprint density at radius 2 is 1.96 bits per heavy atom. The molecule has 1 aromatic carbocycles. The first-order valence-corrected chi connectivity index (χ1v) is 9.98. The highest BCUT2D eigenvalue weighted by Gasteiger charge is 2.20. The van der Waals surface area contributed by atoms with Crippen LogP contribution in [0.25, 0.3) is 0 Å². The number of halogens is 1. The number of nitrogens with zero attached hydrogens (tertiary/aromatic N) is 2. The second-order valence-corrected chi connectivity index (χ2v) is 7.89. The van der Waals surface area contributed by atoms with E-state index in [0.29, 0.717) is 23.0 Å². The Bertz CT molecular complexity index is 664. The molecule has 24 heavy (non-hydrogen) atoms. The van der Waals surface area contributed by atoms with Crippen LogP contribution in [0.4, 0.5) is 5.69 Å². The number of carbonyl (C=O) groups excluding carboxylic acids is 1. The van der Waals surface area contributed by atoms with E-state index >= 15 is 0 Å². The van der Waals surface area contributed by atoms with Crippen LogP contribution in [0.2, 0.25) is 5.02 Å². The van der Waals surface area contributed by atoms with Gasteiger partial charge in [0.2, 0.25) is 15.9 Å². The van der Waals surface area contributed by atoms with Gasteiger partial charge in [0.05, 0.1) is 24.1 Å². The lowest BCUT2D eigenvalue weighted by Crippen LogP contribution is -2.35. The fraction of sp³-hybridized carbons (Fsp3) is 0.562. The molecule has 0 N–H and O–H groups in total. The molecule has 0 aliphatic rings. The third-order valence-electron chi connectivity index (χ3n) is 3.63. The normalized spacial score (nSPS) is 11.2. The summed E-state index contributed by atoms with van der Waals surface area (Å²) in [5, 5.41) is 0.315. The first-order chi connectivity index (χ1) is 11.2. The molecule has 0 aromatic heterocycles. The van der Waals surface area contributed by atoms with Crippen molar-refractivity contribution in [3.05, 3.63) is 23.2 Å². The van der Waals surface area contributed by atoms with Gasteiger partial charge in [-0.05, 0) is 24.6 Å². The largest absolute Gasteiger partial charge is 0.495 e. The lowest BCUT2D eigenvalue weighted by Gasteiger charge is -2.24. The maximum absolute atomic E-state index is 12.1. The van der Waals surface area contributed by atoms with Crippen molar-refractivity contribution >= 4 is 33.2 Å². The van der Waals surface area contributed by atoms with Crippen LogP contribution in [-0.4, -0.2) is 52.7 Å². The third kappa shape index (κ3) is 5.87. The van der Waals surface area contributed by atoms with E-state index in [2.05, 4.69) is 6.92 Å². The van der Waals surface area contributed by atoms with E-state index in [4.69, 9.17) is 16.3 Å². The van der Waals surface area contributed by atoms with Crippen LogP contribution in [0.5, 0.6) is 5.75 Å². The lowest BCUT2D eigenvalue weighted by molar-refractivity contribution is -0.129. The van der Waals surface area contributed by atoms with Gasteiger partial charge >= 0.3 is 0 Å². The maximum atomic E-state index is 12.1. The molecule has 6 nitrogen and oxygen atoms in total. The summed E-state index contributed by atoms with van der Waals surface area (Å²) in [5.41, 5.74) is 0.410. The number of carbonyl (C=O) groups is 1. The molecule has 0 spiro atoms. The summed E-state index contributed by atoms with van der Waals surface area (Å²) < 4.78 is 30.4. The van der Waals surface area contributed by atoms with Gasteiger partial charge in [-0.2, -0.15) is 0 Å². The lowest BCUT2D eigenvalue weighted by atomic mass is 10.2. The van der Waals surface area contributed by atoms with Crippen molar-refractivity contribution in [1.29, 1.82) is 0 Å². The molecule has 8 heteroatoms. The quantitative estimate of drug-likeness (QED) is 0.664. The monoisotopic (exact) mass is 376 g/mol. The SMILES string of the molecule is CCCCN(C)C(=O)CCN(c1ccc(OC)c(Cl)c1)S(C)(=O)=O. The molecule has 1 rings (SSSR count). The number of hydrogen-bond donors (Lipinski definition) is 0. The first-order valence-electron chi connectivity index (χ1n) is 7.76. The standard InChI is InChI=1S/C16H25ClN2O4S/c1-5-6-10-18(2)16(20)9-11-19(24(4,21)22)13-7-8-15(23-3)14(17)12-13/h7-8,12H,5-6,9-11H2,1-4H3. The van der Waals surface area contributed by atoms with Crippen LogP contribution >= 0.6 is 11.6 Å². The molecule has 0 saturated carbocycles. The van der Waals surface area contributed by atoms with E-state index in [1.54, 1.807) is 24.1 Å². The Hall–Kier alpha value is -1.47. The maximum Gasteiger partial charge on any atom is 0.232 e. The Morgan fingerprint density at radius 1 is 1.29 bits per heavy atom. The zero-order chi connectivity index (χ0) is 18.3. The summed E-state index contributed by atoms with van der Waals surface area (Å²) in [5.74, 6) is 0.376. The highest BCUT2D eigenvalue weighted by molar-refractivity contribution is 7.92. The summed E-state index contributed by atoms with van der Waals surface area (Å²) in [6.45, 7) is 2.79. The predicted octanol–water partition coefficient (Wildman–Crippen LogP) is 2.76. The molecule has 0 radical (unpaired) electrons. The Kier molecular flexibility index (Phi) is 7.83. The molecule has 0 aliphatic carbocycles. The van der Waals surface area contributed by atoms with Crippen molar-refractivity contribution in [3.8, 4) is 5.75 Å². The molecule has 1 aromatic rings. The van der Waals surface area contributed by atoms with Crippen LogP contribution in [0, 0.1) is 0 Å². The van der Waals surface area contributed by atoms with Crippen molar-refractivity contribution < 1.29 is 17.9 Å². The molecule has 0 heterocycles. The summed E-state index contributed by atoms with van der Waals surface area (Å²) >= 11 is 6.07. The highest BCUT2D eigenvalue weighted by Crippen LogP contribution is 2.30. The van der Waals surface area contributed by atoms with E-state index in [1.807, 2.05) is 0 Å². The first kappa shape index (κ1) is 20.6. The van der Waals surface area contributed by atoms with Gasteiger partial charge < -0.3 is 9.64 Å². The van der Waals surface area contributed by atoms with Gasteiger partial charge in [-0.3, -0.25) is 9.10 Å². The number of sulfonamides is 1. The van der Waals surface area contributed by atoms with Crippen LogP contribution in [0.15, 0.2) is 18.2 Å². The average Bonchev–Trinajstić information content (AvgIpc) is 2.51. The molecule has 0 aliphatic heterocycles.